The first-order chi connectivity index (χ1) is 34.3. The van der Waals surface area contributed by atoms with Crippen LogP contribution in [-0.2, 0) is 39.6 Å². The van der Waals surface area contributed by atoms with Gasteiger partial charge in [-0.3, -0.25) is 19.2 Å². The fourth-order valence-electron chi connectivity index (χ4n) is 5.34. The van der Waals surface area contributed by atoms with Crippen LogP contribution in [0.1, 0.15) is 55.5 Å². The van der Waals surface area contributed by atoms with E-state index in [0.717, 1.165) is 57.6 Å². The molecule has 0 atom stereocenters. The minimum atomic E-state index is -0.833. The van der Waals surface area contributed by atoms with Gasteiger partial charge < -0.3 is 53.2 Å². The van der Waals surface area contributed by atoms with Crippen LogP contribution in [0.15, 0.2) is 138 Å². The first kappa shape index (κ1) is 68.5. The normalized spacial score (nSPS) is 9.39. The van der Waals surface area contributed by atoms with Gasteiger partial charge in [-0.1, -0.05) is 101 Å². The third-order valence-electron chi connectivity index (χ3n) is 8.51. The third kappa shape index (κ3) is 29.7. The van der Waals surface area contributed by atoms with E-state index in [1.165, 1.54) is 13.8 Å². The number of carboxylic acid groups (broad SMARTS) is 2. The van der Waals surface area contributed by atoms with E-state index in [1.54, 1.807) is 85.1 Å². The van der Waals surface area contributed by atoms with Gasteiger partial charge in [-0.25, -0.2) is 0 Å². The van der Waals surface area contributed by atoms with Crippen molar-refractivity contribution in [1.29, 1.82) is 0 Å². The van der Waals surface area contributed by atoms with Crippen molar-refractivity contribution < 1.29 is 92.8 Å². The molecule has 74 heavy (non-hydrogen) atoms. The molecule has 0 radical (unpaired) electrons. The summed E-state index contributed by atoms with van der Waals surface area (Å²) in [4.78, 5) is 39.4. The Morgan fingerprint density at radius 1 is 0.432 bits per heavy atom. The number of carbonyl (C=O) groups is 4. The van der Waals surface area contributed by atoms with Gasteiger partial charge in [0.25, 0.3) is 11.9 Å². The van der Waals surface area contributed by atoms with Crippen molar-refractivity contribution in [2.75, 3.05) is 42.7 Å². The summed E-state index contributed by atoms with van der Waals surface area (Å²) in [5, 5.41) is 24.0. The van der Waals surface area contributed by atoms with Crippen molar-refractivity contribution >= 4 is 82.6 Å². The maximum Gasteiger partial charge on any atom is 0.308 e. The first-order valence-electron chi connectivity index (χ1n) is 21.4. The largest absolute Gasteiger partial charge is 0.508 e. The van der Waals surface area contributed by atoms with E-state index in [9.17, 15) is 14.7 Å². The Morgan fingerprint density at radius 3 is 1.01 bits per heavy atom. The molecule has 0 fully saturated rings. The van der Waals surface area contributed by atoms with E-state index >= 15 is 0 Å². The van der Waals surface area contributed by atoms with Gasteiger partial charge in [0.15, 0.2) is 34.5 Å². The Kier molecular flexibility index (Phi) is 36.2. The summed E-state index contributed by atoms with van der Waals surface area (Å²) in [6.45, 7) is 8.54. The molecule has 0 bridgehead atoms. The number of aliphatic carboxylic acids is 2. The number of methoxy groups -OCH3 is 6. The molecule has 0 aromatic heterocycles. The third-order valence-corrected chi connectivity index (χ3v) is 9.00. The molecule has 0 spiro atoms. The number of rotatable bonds is 13. The van der Waals surface area contributed by atoms with Crippen molar-refractivity contribution in [3.63, 3.8) is 0 Å². The van der Waals surface area contributed by atoms with E-state index in [0.29, 0.717) is 34.5 Å². The van der Waals surface area contributed by atoms with Crippen LogP contribution < -0.4 is 37.9 Å². The fourth-order valence-corrected chi connectivity index (χ4v) is 5.68. The summed E-state index contributed by atoms with van der Waals surface area (Å²) in [6, 6.07) is 38.5. The monoisotopic (exact) mass is 1190 g/mol. The van der Waals surface area contributed by atoms with Crippen molar-refractivity contribution in [3.05, 3.63) is 166 Å². The molecular weight excluding hydrogens is 1130 g/mol. The minimum absolute atomic E-state index is 0. The van der Waals surface area contributed by atoms with Crippen molar-refractivity contribution in [2.24, 2.45) is 0 Å². The van der Waals surface area contributed by atoms with Gasteiger partial charge in [-0.15, -0.1) is 12.4 Å². The Hall–Kier alpha value is -7.55. The molecule has 0 unspecified atom stereocenters. The topological polar surface area (TPSA) is 203 Å². The summed E-state index contributed by atoms with van der Waals surface area (Å²) in [7, 11) is 9.68. The molecule has 6 aromatic carbocycles. The molecule has 15 nitrogen and oxygen atoms in total. The van der Waals surface area contributed by atoms with Gasteiger partial charge in [-0.05, 0) is 107 Å². The fraction of sp³-hybridized carbons (Fsp3) is 0.179. The second-order valence-corrected chi connectivity index (χ2v) is 15.0. The number of aromatic hydroxyl groups is 1. The summed E-state index contributed by atoms with van der Waals surface area (Å²) >= 11 is 3.33. The molecule has 0 amide bonds. The number of benzene rings is 6. The van der Waals surface area contributed by atoms with Crippen molar-refractivity contribution in [3.8, 4) is 51.7 Å². The molecule has 0 aliphatic rings. The van der Waals surface area contributed by atoms with Crippen LogP contribution in [0.25, 0.3) is 30.4 Å². The van der Waals surface area contributed by atoms with Gasteiger partial charge in [0.1, 0.15) is 17.2 Å². The van der Waals surface area contributed by atoms with Crippen molar-refractivity contribution in [1.82, 2.24) is 0 Å². The smallest absolute Gasteiger partial charge is 0.308 e. The summed E-state index contributed by atoms with van der Waals surface area (Å²) in [6.07, 6.45) is 9.63. The van der Waals surface area contributed by atoms with Gasteiger partial charge >= 0.3 is 11.9 Å². The van der Waals surface area contributed by atoms with Crippen LogP contribution in [-0.4, -0.2) is 81.9 Å². The van der Waals surface area contributed by atoms with E-state index in [-0.39, 0.29) is 50.5 Å². The maximum atomic E-state index is 10.9. The molecule has 0 aliphatic heterocycles. The number of ether oxygens (including phenoxy) is 8. The number of halogens is 2. The van der Waals surface area contributed by atoms with Crippen LogP contribution >= 0.6 is 28.3 Å². The van der Waals surface area contributed by atoms with Crippen LogP contribution in [0.2, 0.25) is 0 Å². The second kappa shape index (κ2) is 39.0. The maximum absolute atomic E-state index is 10.9. The van der Waals surface area contributed by atoms with Crippen LogP contribution in [0.4, 0.5) is 0 Å². The standard InChI is InChI=1S/C18H18O4.C16H16O3.C10H10O2.C8H9BrO2.2C2H4O2.ClH.Pd/c1-13(19)22-16-9-6-14(7-10-16)4-5-15-8-11-17(20-2)18(12-15)21-3;1-18-15-10-7-13(11-16(15)19-2)4-3-12-5-8-14(17)9-6-12;1-3-9-4-6-10(7-5-9)12-8(2)11;1-10-7-4-3-6(9)5-8(7)11-2;2*1-2(3)4;;/h4-12H,1-3H3;3-11,17H,1-2H3;3-7H,1H2,2H3;3-5H,1-2H3;2*1H3,(H,3,4);1H;/b5-4+;4-3+;;;;;;. The Bertz CT molecular complexity index is 2650. The van der Waals surface area contributed by atoms with Gasteiger partial charge in [0.05, 0.1) is 42.7 Å². The molecule has 0 saturated carbocycles. The Labute approximate surface area is 461 Å². The van der Waals surface area contributed by atoms with Crippen LogP contribution in [0.3, 0.4) is 0 Å². The molecular formula is C56H62BrClO15Pd. The number of hydrogen-bond donors (Lipinski definition) is 3. The second-order valence-electron chi connectivity index (χ2n) is 14.1. The molecule has 0 aliphatic carbocycles. The first-order valence-corrected chi connectivity index (χ1v) is 22.2. The molecule has 3 N–H and O–H groups in total. The molecule has 6 rings (SSSR count). The number of esters is 2. The zero-order valence-corrected chi connectivity index (χ0v) is 46.5. The SMILES string of the molecule is C=Cc1ccc(OC(C)=O)cc1.CC(=O)O.CC(=O)O.COc1ccc(/C=C/c2ccc(O)cc2)cc1OC.COc1ccc(/C=C/c2ccc(OC(C)=O)cc2)cc1OC.COc1ccc(Br)cc1OC.Cl.[Pd]. The van der Waals surface area contributed by atoms with Crippen LogP contribution in [0.5, 0.6) is 51.7 Å². The van der Waals surface area contributed by atoms with Gasteiger partial charge in [-0.2, -0.15) is 0 Å². The van der Waals surface area contributed by atoms with Gasteiger partial charge in [0, 0.05) is 52.6 Å². The summed E-state index contributed by atoms with van der Waals surface area (Å²) < 4.78 is 41.8. The number of carbonyl (C=O) groups excluding carboxylic acids is 2. The molecule has 400 valence electrons. The molecule has 18 heteroatoms. The average Bonchev–Trinajstić information content (AvgIpc) is 3.35. The average molecular weight is 1200 g/mol. The number of hydrogen-bond acceptors (Lipinski definition) is 13. The zero-order chi connectivity index (χ0) is 54.0. The van der Waals surface area contributed by atoms with Crippen molar-refractivity contribution in [2.45, 2.75) is 27.7 Å². The summed E-state index contributed by atoms with van der Waals surface area (Å²) in [5.74, 6) is 3.36. The van der Waals surface area contributed by atoms with E-state index < -0.39 is 11.9 Å². The van der Waals surface area contributed by atoms with Gasteiger partial charge in [0.2, 0.25) is 0 Å². The predicted octanol–water partition coefficient (Wildman–Crippen LogP) is 12.7. The molecule has 6 aromatic rings. The zero-order valence-electron chi connectivity index (χ0n) is 42.6. The molecule has 0 heterocycles. The van der Waals surface area contributed by atoms with Crippen LogP contribution in [0, 0.1) is 0 Å². The number of phenolic OH excluding ortho intramolecular Hbond substituents is 1. The molecule has 0 saturated heterocycles. The quantitative estimate of drug-likeness (QED) is 0.0426. The predicted molar refractivity (Wildman–Crippen MR) is 292 cm³/mol. The van der Waals surface area contributed by atoms with E-state index in [1.807, 2.05) is 115 Å². The minimum Gasteiger partial charge on any atom is -0.508 e. The number of carboxylic acids is 2. The van der Waals surface area contributed by atoms with E-state index in [4.69, 9.17) is 57.7 Å². The summed E-state index contributed by atoms with van der Waals surface area (Å²) in [5.41, 5.74) is 5.05. The van der Waals surface area contributed by atoms with E-state index in [2.05, 4.69) is 22.5 Å². The Balaban J connectivity index is 0. The Morgan fingerprint density at radius 2 is 0.703 bits per heavy atom. The number of phenols is 1.